The minimum absolute atomic E-state index is 0.172. The van der Waals surface area contributed by atoms with Gasteiger partial charge in [-0.2, -0.15) is 0 Å². The maximum Gasteiger partial charge on any atom is 0.266 e. The van der Waals surface area contributed by atoms with Crippen LogP contribution in [-0.4, -0.2) is 24.4 Å². The molecule has 0 saturated carbocycles. The average molecular weight is 471 g/mol. The van der Waals surface area contributed by atoms with E-state index in [2.05, 4.69) is 53.2 Å². The molecule has 0 saturated heterocycles. The summed E-state index contributed by atoms with van der Waals surface area (Å²) in [5.74, 6) is 0.514. The minimum atomic E-state index is -0.206. The number of hydrogen-bond donors (Lipinski definition) is 1. The highest BCUT2D eigenvalue weighted by molar-refractivity contribution is 7.07. The highest BCUT2D eigenvalue weighted by Gasteiger charge is 2.06. The van der Waals surface area contributed by atoms with Crippen LogP contribution in [0.1, 0.15) is 28.4 Å². The van der Waals surface area contributed by atoms with Crippen LogP contribution in [0.2, 0.25) is 0 Å². The first kappa shape index (κ1) is 23.3. The lowest BCUT2D eigenvalue weighted by Crippen LogP contribution is -2.22. The van der Waals surface area contributed by atoms with Crippen molar-refractivity contribution in [2.75, 3.05) is 18.6 Å². The van der Waals surface area contributed by atoms with E-state index >= 15 is 0 Å². The number of nitrogens with one attached hydrogen (secondary N) is 1. The lowest BCUT2D eigenvalue weighted by molar-refractivity contribution is 0.106. The largest absolute Gasteiger partial charge is 0.497 e. The zero-order chi connectivity index (χ0) is 23.9. The van der Waals surface area contributed by atoms with Crippen LogP contribution in [0.4, 0.5) is 5.69 Å². The van der Waals surface area contributed by atoms with Gasteiger partial charge >= 0.3 is 0 Å². The number of aromatic amines is 1. The second-order valence-corrected chi connectivity index (χ2v) is 8.84. The van der Waals surface area contributed by atoms with E-state index in [-0.39, 0.29) is 11.3 Å². The van der Waals surface area contributed by atoms with Crippen LogP contribution in [0.3, 0.4) is 0 Å². The van der Waals surface area contributed by atoms with Gasteiger partial charge in [-0.05, 0) is 60.5 Å². The molecule has 0 fully saturated rings. The Morgan fingerprint density at radius 2 is 1.71 bits per heavy atom. The molecule has 4 aromatic rings. The van der Waals surface area contributed by atoms with Crippen LogP contribution < -0.4 is 24.4 Å². The molecule has 172 valence electrons. The minimum Gasteiger partial charge on any atom is -0.497 e. The number of ketones is 1. The zero-order valence-corrected chi connectivity index (χ0v) is 20.0. The van der Waals surface area contributed by atoms with E-state index in [0.29, 0.717) is 20.5 Å². The zero-order valence-electron chi connectivity index (χ0n) is 19.2. The molecule has 1 heterocycles. The van der Waals surface area contributed by atoms with E-state index in [9.17, 15) is 9.59 Å². The van der Waals surface area contributed by atoms with Crippen molar-refractivity contribution < 1.29 is 9.53 Å². The second kappa shape index (κ2) is 10.8. The van der Waals surface area contributed by atoms with Gasteiger partial charge in [0.25, 0.3) is 5.56 Å². The standard InChI is InChI=1S/C28H26N2O3S/c1-3-30(19-21-7-5-4-6-8-21)23-13-9-20(10-14-23)17-26-28(32)29-27(34-26)18-25(31)22-11-15-24(33-2)16-12-22/h4-18H,3,19H2,1-2H3,(H,29,32)/b26-17-,27-18-. The summed E-state index contributed by atoms with van der Waals surface area (Å²) in [7, 11) is 1.58. The molecular weight excluding hydrogens is 444 g/mol. The summed E-state index contributed by atoms with van der Waals surface area (Å²) in [6.07, 6.45) is 3.30. The van der Waals surface area contributed by atoms with Gasteiger partial charge in [0.1, 0.15) is 5.75 Å². The molecule has 3 aromatic carbocycles. The Labute approximate surface area is 202 Å². The highest BCUT2D eigenvalue weighted by Crippen LogP contribution is 2.18. The molecule has 1 aromatic heterocycles. The van der Waals surface area contributed by atoms with Crippen molar-refractivity contribution in [3.05, 3.63) is 115 Å². The van der Waals surface area contributed by atoms with Gasteiger partial charge in [-0.1, -0.05) is 42.5 Å². The molecular formula is C28H26N2O3S. The maximum absolute atomic E-state index is 12.5. The van der Waals surface area contributed by atoms with Crippen molar-refractivity contribution in [3.63, 3.8) is 0 Å². The van der Waals surface area contributed by atoms with Crippen LogP contribution in [-0.2, 0) is 6.54 Å². The topological polar surface area (TPSA) is 62.4 Å². The third-order valence-electron chi connectivity index (χ3n) is 5.47. The fourth-order valence-corrected chi connectivity index (χ4v) is 4.49. The smallest absolute Gasteiger partial charge is 0.266 e. The number of methoxy groups -OCH3 is 1. The Hall–Kier alpha value is -3.90. The summed E-state index contributed by atoms with van der Waals surface area (Å²) in [4.78, 5) is 30.0. The number of carbonyl (C=O) groups is 1. The molecule has 0 radical (unpaired) electrons. The van der Waals surface area contributed by atoms with E-state index in [1.54, 1.807) is 31.4 Å². The summed E-state index contributed by atoms with van der Waals surface area (Å²) >= 11 is 1.27. The van der Waals surface area contributed by atoms with Crippen molar-refractivity contribution in [2.24, 2.45) is 0 Å². The van der Waals surface area contributed by atoms with Crippen LogP contribution in [0.15, 0.2) is 83.7 Å². The van der Waals surface area contributed by atoms with Crippen molar-refractivity contribution >= 4 is 35.0 Å². The van der Waals surface area contributed by atoms with Crippen molar-refractivity contribution in [3.8, 4) is 5.75 Å². The average Bonchev–Trinajstić information content (AvgIpc) is 3.21. The molecule has 0 spiro atoms. The Bertz CT molecular complexity index is 1420. The number of aromatic nitrogens is 1. The Kier molecular flexibility index (Phi) is 7.40. The molecule has 4 rings (SSSR count). The predicted molar refractivity (Wildman–Crippen MR) is 139 cm³/mol. The number of anilines is 1. The number of H-pyrrole nitrogens is 1. The van der Waals surface area contributed by atoms with Gasteiger partial charge in [-0.25, -0.2) is 0 Å². The van der Waals surface area contributed by atoms with E-state index < -0.39 is 0 Å². The summed E-state index contributed by atoms with van der Waals surface area (Å²) in [6.45, 7) is 3.87. The molecule has 0 amide bonds. The maximum atomic E-state index is 12.5. The van der Waals surface area contributed by atoms with E-state index in [4.69, 9.17) is 4.74 Å². The van der Waals surface area contributed by atoms with Gasteiger partial charge in [0.2, 0.25) is 0 Å². The second-order valence-electron chi connectivity index (χ2n) is 7.76. The van der Waals surface area contributed by atoms with Crippen molar-refractivity contribution in [1.82, 2.24) is 4.98 Å². The number of rotatable bonds is 8. The lowest BCUT2D eigenvalue weighted by atomic mass is 10.1. The third-order valence-corrected chi connectivity index (χ3v) is 6.43. The summed E-state index contributed by atoms with van der Waals surface area (Å²) < 4.78 is 6.20. The van der Waals surface area contributed by atoms with Gasteiger partial charge in [0.15, 0.2) is 5.78 Å². The van der Waals surface area contributed by atoms with Crippen LogP contribution in [0.25, 0.3) is 12.2 Å². The SMILES string of the molecule is CCN(Cc1ccccc1)c1ccc(/C=c2\s/c(=C\C(=O)c3ccc(OC)cc3)[nH]c2=O)cc1. The number of nitrogens with zero attached hydrogens (tertiary/aromatic N) is 1. The molecule has 1 N–H and O–H groups in total. The van der Waals surface area contributed by atoms with Gasteiger partial charge in [-0.3, -0.25) is 9.59 Å². The molecule has 0 aliphatic heterocycles. The molecule has 6 heteroatoms. The molecule has 0 bridgehead atoms. The van der Waals surface area contributed by atoms with Gasteiger partial charge in [0, 0.05) is 30.4 Å². The van der Waals surface area contributed by atoms with Gasteiger partial charge in [0.05, 0.1) is 16.3 Å². The number of hydrogen-bond acceptors (Lipinski definition) is 5. The molecule has 0 atom stereocenters. The van der Waals surface area contributed by atoms with Crippen molar-refractivity contribution in [2.45, 2.75) is 13.5 Å². The third kappa shape index (κ3) is 5.71. The summed E-state index contributed by atoms with van der Waals surface area (Å²) in [6, 6.07) is 25.4. The first-order valence-corrected chi connectivity index (χ1v) is 11.9. The predicted octanol–water partition coefficient (Wildman–Crippen LogP) is 3.96. The van der Waals surface area contributed by atoms with Crippen LogP contribution in [0.5, 0.6) is 5.75 Å². The quantitative estimate of drug-likeness (QED) is 0.396. The molecule has 0 unspecified atom stereocenters. The van der Waals surface area contributed by atoms with Crippen molar-refractivity contribution in [1.29, 1.82) is 0 Å². The van der Waals surface area contributed by atoms with E-state index in [0.717, 1.165) is 24.3 Å². The molecule has 0 aliphatic carbocycles. The first-order chi connectivity index (χ1) is 16.6. The summed E-state index contributed by atoms with van der Waals surface area (Å²) in [5, 5.41) is 0. The number of benzene rings is 3. The Balaban J connectivity index is 1.53. The van der Waals surface area contributed by atoms with Crippen LogP contribution >= 0.6 is 11.3 Å². The molecule has 0 aliphatic rings. The monoisotopic (exact) mass is 470 g/mol. The number of carbonyl (C=O) groups excluding carboxylic acids is 1. The van der Waals surface area contributed by atoms with Gasteiger partial charge < -0.3 is 14.6 Å². The molecule has 34 heavy (non-hydrogen) atoms. The van der Waals surface area contributed by atoms with E-state index in [1.165, 1.54) is 23.0 Å². The summed E-state index contributed by atoms with van der Waals surface area (Å²) in [5.41, 5.74) is 3.65. The number of thiazole rings is 1. The molecule has 5 nitrogen and oxygen atoms in total. The highest BCUT2D eigenvalue weighted by atomic mass is 32.1. The lowest BCUT2D eigenvalue weighted by Gasteiger charge is -2.23. The number of Topliss-reactive ketones (excluding diaryl/α,β-unsaturated/α-hetero) is 1. The fraction of sp³-hybridized carbons (Fsp3) is 0.143. The normalized spacial score (nSPS) is 12.1. The van der Waals surface area contributed by atoms with E-state index in [1.807, 2.05) is 24.3 Å². The Morgan fingerprint density at radius 3 is 2.35 bits per heavy atom. The fourth-order valence-electron chi connectivity index (χ4n) is 3.60. The van der Waals surface area contributed by atoms with Crippen LogP contribution in [0, 0.1) is 0 Å². The van der Waals surface area contributed by atoms with Gasteiger partial charge in [-0.15, -0.1) is 11.3 Å². The Morgan fingerprint density at radius 1 is 1.00 bits per heavy atom. The number of ether oxygens (including phenoxy) is 1. The first-order valence-electron chi connectivity index (χ1n) is 11.1.